The van der Waals surface area contributed by atoms with Crippen LogP contribution in [0.15, 0.2) is 84.6 Å². The number of aromatic nitrogens is 1. The Kier molecular flexibility index (Phi) is 4.14. The fourth-order valence-electron chi connectivity index (χ4n) is 2.90. The first-order chi connectivity index (χ1) is 13.1. The van der Waals surface area contributed by atoms with Gasteiger partial charge in [0.05, 0.1) is 16.2 Å². The summed E-state index contributed by atoms with van der Waals surface area (Å²) < 4.78 is 7.14. The number of non-ortho nitro benzene ring substituents is 1. The van der Waals surface area contributed by atoms with Gasteiger partial charge in [-0.15, -0.1) is 0 Å². The van der Waals surface area contributed by atoms with Crippen molar-refractivity contribution in [1.29, 1.82) is 0 Å². The van der Waals surface area contributed by atoms with Crippen LogP contribution in [-0.2, 0) is 9.53 Å². The minimum Gasteiger partial charge on any atom is -0.422 e. The molecule has 0 unspecified atom stereocenters. The number of hydrogen-bond acceptors (Lipinski definition) is 4. The molecule has 0 N–H and O–H groups in total. The summed E-state index contributed by atoms with van der Waals surface area (Å²) in [5, 5.41) is 11.0. The molecule has 0 bridgehead atoms. The van der Waals surface area contributed by atoms with E-state index in [1.807, 2.05) is 42.5 Å². The van der Waals surface area contributed by atoms with E-state index in [0.29, 0.717) is 22.7 Å². The monoisotopic (exact) mass is 358 g/mol. The van der Waals surface area contributed by atoms with Crippen LogP contribution in [0.3, 0.4) is 0 Å². The number of nitro groups is 1. The molecule has 0 radical (unpaired) electrons. The fourth-order valence-corrected chi connectivity index (χ4v) is 2.90. The number of ether oxygens (including phenoxy) is 1. The third kappa shape index (κ3) is 3.28. The molecule has 0 fully saturated rings. The van der Waals surface area contributed by atoms with Gasteiger partial charge in [-0.2, -0.15) is 0 Å². The molecule has 2 aromatic carbocycles. The van der Waals surface area contributed by atoms with Crippen LogP contribution in [0.5, 0.6) is 0 Å². The lowest BCUT2D eigenvalue weighted by molar-refractivity contribution is -0.384. The summed E-state index contributed by atoms with van der Waals surface area (Å²) in [5.41, 5.74) is 2.60. The van der Waals surface area contributed by atoms with Gasteiger partial charge in [0.1, 0.15) is 5.76 Å². The number of benzene rings is 2. The fraction of sp³-hybridized carbons (Fsp3) is 0. The number of carbonyl (C=O) groups excluding carboxylic acids is 1. The highest BCUT2D eigenvalue weighted by Crippen LogP contribution is 2.28. The maximum Gasteiger partial charge on any atom is 0.343 e. The van der Waals surface area contributed by atoms with E-state index in [4.69, 9.17) is 4.74 Å². The normalized spacial score (nSPS) is 14.9. The molecule has 1 aromatic heterocycles. The van der Waals surface area contributed by atoms with Gasteiger partial charge in [0, 0.05) is 29.6 Å². The molecule has 3 aromatic rings. The average molecular weight is 358 g/mol. The Bertz CT molecular complexity index is 1090. The van der Waals surface area contributed by atoms with Crippen LogP contribution >= 0.6 is 0 Å². The molecule has 1 aliphatic heterocycles. The molecular weight excluding hydrogens is 344 g/mol. The van der Waals surface area contributed by atoms with Crippen molar-refractivity contribution in [1.82, 2.24) is 4.57 Å². The molecular formula is C21H14N2O4. The molecule has 27 heavy (non-hydrogen) atoms. The van der Waals surface area contributed by atoms with Crippen LogP contribution in [0, 0.1) is 10.1 Å². The zero-order chi connectivity index (χ0) is 18.8. The predicted molar refractivity (Wildman–Crippen MR) is 101 cm³/mol. The van der Waals surface area contributed by atoms with E-state index in [1.54, 1.807) is 35.0 Å². The van der Waals surface area contributed by atoms with Crippen LogP contribution in [0.25, 0.3) is 17.5 Å². The second-order valence-corrected chi connectivity index (χ2v) is 5.94. The summed E-state index contributed by atoms with van der Waals surface area (Å²) in [6.07, 6.45) is 5.19. The Labute approximate surface area is 154 Å². The molecule has 0 aliphatic carbocycles. The van der Waals surface area contributed by atoms with Crippen molar-refractivity contribution < 1.29 is 14.5 Å². The molecule has 1 aliphatic rings. The first-order valence-corrected chi connectivity index (χ1v) is 8.25. The van der Waals surface area contributed by atoms with Gasteiger partial charge in [-0.1, -0.05) is 36.4 Å². The van der Waals surface area contributed by atoms with Crippen molar-refractivity contribution in [2.75, 3.05) is 0 Å². The number of nitro benzene ring substituents is 1. The van der Waals surface area contributed by atoms with Gasteiger partial charge in [0.25, 0.3) is 5.69 Å². The maximum absolute atomic E-state index is 12.2. The summed E-state index contributed by atoms with van der Waals surface area (Å²) in [7, 11) is 0. The standard InChI is InChI=1S/C21H14N2O4/c24-21-16(13-20(27-21)15-6-2-1-3-7-15)12-17-10-5-11-22(17)18-8-4-9-19(14-18)23(25)26/h1-14H/b16-12-. The third-order valence-corrected chi connectivity index (χ3v) is 4.19. The van der Waals surface area contributed by atoms with Crippen LogP contribution < -0.4 is 0 Å². The Morgan fingerprint density at radius 1 is 1.00 bits per heavy atom. The molecule has 0 atom stereocenters. The van der Waals surface area contributed by atoms with E-state index in [0.717, 1.165) is 5.56 Å². The Hall–Kier alpha value is -3.93. The highest BCUT2D eigenvalue weighted by Gasteiger charge is 2.22. The third-order valence-electron chi connectivity index (χ3n) is 4.19. The van der Waals surface area contributed by atoms with Crippen molar-refractivity contribution in [2.45, 2.75) is 0 Å². The van der Waals surface area contributed by atoms with Crippen molar-refractivity contribution in [3.05, 3.63) is 106 Å². The predicted octanol–water partition coefficient (Wildman–Crippen LogP) is 4.37. The number of esters is 1. The quantitative estimate of drug-likeness (QED) is 0.300. The van der Waals surface area contributed by atoms with Crippen LogP contribution in [-0.4, -0.2) is 15.5 Å². The number of carbonyl (C=O) groups is 1. The van der Waals surface area contributed by atoms with E-state index < -0.39 is 10.9 Å². The summed E-state index contributed by atoms with van der Waals surface area (Å²) in [5.74, 6) is 0.0703. The molecule has 2 heterocycles. The number of nitrogens with zero attached hydrogens (tertiary/aromatic N) is 2. The minimum atomic E-state index is -0.436. The van der Waals surface area contributed by atoms with E-state index in [-0.39, 0.29) is 5.69 Å². The molecule has 4 rings (SSSR count). The molecule has 0 saturated heterocycles. The minimum absolute atomic E-state index is 0.00587. The lowest BCUT2D eigenvalue weighted by Crippen LogP contribution is -2.00. The van der Waals surface area contributed by atoms with E-state index >= 15 is 0 Å². The smallest absolute Gasteiger partial charge is 0.343 e. The molecule has 6 nitrogen and oxygen atoms in total. The van der Waals surface area contributed by atoms with Crippen molar-refractivity contribution >= 4 is 23.5 Å². The first kappa shape index (κ1) is 16.5. The molecule has 0 saturated carbocycles. The van der Waals surface area contributed by atoms with Crippen LogP contribution in [0.2, 0.25) is 0 Å². The maximum atomic E-state index is 12.2. The topological polar surface area (TPSA) is 74.4 Å². The Balaban J connectivity index is 1.71. The molecule has 132 valence electrons. The summed E-state index contributed by atoms with van der Waals surface area (Å²) >= 11 is 0. The zero-order valence-corrected chi connectivity index (χ0v) is 14.1. The van der Waals surface area contributed by atoms with Gasteiger partial charge in [0.2, 0.25) is 0 Å². The Morgan fingerprint density at radius 3 is 2.59 bits per heavy atom. The number of rotatable bonds is 4. The van der Waals surface area contributed by atoms with Gasteiger partial charge in [-0.05, 0) is 30.4 Å². The zero-order valence-electron chi connectivity index (χ0n) is 14.1. The van der Waals surface area contributed by atoms with E-state index in [9.17, 15) is 14.9 Å². The van der Waals surface area contributed by atoms with Gasteiger partial charge in [-0.3, -0.25) is 10.1 Å². The van der Waals surface area contributed by atoms with Crippen molar-refractivity contribution in [3.63, 3.8) is 0 Å². The SMILES string of the molecule is O=C1OC(c2ccccc2)=C/C1=C/c1cccn1-c1cccc([N+](=O)[O-])c1. The van der Waals surface area contributed by atoms with Gasteiger partial charge in [-0.25, -0.2) is 4.79 Å². The number of hydrogen-bond donors (Lipinski definition) is 0. The average Bonchev–Trinajstić information content (AvgIpc) is 3.30. The summed E-state index contributed by atoms with van der Waals surface area (Å²) in [6.45, 7) is 0. The Morgan fingerprint density at radius 2 is 1.81 bits per heavy atom. The molecule has 6 heteroatoms. The first-order valence-electron chi connectivity index (χ1n) is 8.25. The second kappa shape index (κ2) is 6.76. The lowest BCUT2D eigenvalue weighted by Gasteiger charge is -2.06. The van der Waals surface area contributed by atoms with Crippen LogP contribution in [0.4, 0.5) is 5.69 Å². The van der Waals surface area contributed by atoms with Gasteiger partial charge >= 0.3 is 5.97 Å². The van der Waals surface area contributed by atoms with Gasteiger partial charge in [0.15, 0.2) is 0 Å². The number of cyclic esters (lactones) is 1. The highest BCUT2D eigenvalue weighted by molar-refractivity contribution is 6.05. The van der Waals surface area contributed by atoms with E-state index in [2.05, 4.69) is 0 Å². The molecule has 0 spiro atoms. The van der Waals surface area contributed by atoms with Gasteiger partial charge < -0.3 is 9.30 Å². The highest BCUT2D eigenvalue weighted by atomic mass is 16.6. The van der Waals surface area contributed by atoms with E-state index in [1.165, 1.54) is 12.1 Å². The summed E-state index contributed by atoms with van der Waals surface area (Å²) in [6, 6.07) is 19.3. The molecule has 0 amide bonds. The lowest BCUT2D eigenvalue weighted by atomic mass is 10.1. The largest absolute Gasteiger partial charge is 0.422 e. The van der Waals surface area contributed by atoms with Crippen molar-refractivity contribution in [3.8, 4) is 5.69 Å². The summed E-state index contributed by atoms with van der Waals surface area (Å²) in [4.78, 5) is 22.8. The van der Waals surface area contributed by atoms with Crippen molar-refractivity contribution in [2.24, 2.45) is 0 Å². The second-order valence-electron chi connectivity index (χ2n) is 5.94. The van der Waals surface area contributed by atoms with Crippen LogP contribution in [0.1, 0.15) is 11.3 Å².